The van der Waals surface area contributed by atoms with Crippen molar-refractivity contribution in [1.29, 1.82) is 0 Å². The van der Waals surface area contributed by atoms with Gasteiger partial charge in [0.25, 0.3) is 0 Å². The summed E-state index contributed by atoms with van der Waals surface area (Å²) in [5.41, 5.74) is 6.83. The van der Waals surface area contributed by atoms with Crippen LogP contribution in [0.2, 0.25) is 0 Å². The summed E-state index contributed by atoms with van der Waals surface area (Å²) in [6.07, 6.45) is 0.744. The molecule has 3 heteroatoms. The van der Waals surface area contributed by atoms with E-state index in [0.717, 1.165) is 12.2 Å². The van der Waals surface area contributed by atoms with Gasteiger partial charge in [-0.25, -0.2) is 0 Å². The van der Waals surface area contributed by atoms with Crippen molar-refractivity contribution in [2.45, 2.75) is 24.3 Å². The molecule has 0 bridgehead atoms. The molecule has 0 aliphatic heterocycles. The van der Waals surface area contributed by atoms with Crippen molar-refractivity contribution in [2.24, 2.45) is 5.73 Å². The first-order valence-corrected chi connectivity index (χ1v) is 5.83. The Kier molecular flexibility index (Phi) is 5.01. The second kappa shape index (κ2) is 6.06. The van der Waals surface area contributed by atoms with Crippen molar-refractivity contribution in [3.05, 3.63) is 29.8 Å². The van der Waals surface area contributed by atoms with E-state index in [2.05, 4.69) is 31.2 Å². The minimum atomic E-state index is -0.139. The fraction of sp³-hybridized carbons (Fsp3) is 0.455. The van der Waals surface area contributed by atoms with Crippen molar-refractivity contribution in [3.8, 4) is 0 Å². The van der Waals surface area contributed by atoms with Gasteiger partial charge in [-0.05, 0) is 29.9 Å². The molecule has 1 aromatic carbocycles. The van der Waals surface area contributed by atoms with Crippen molar-refractivity contribution in [2.75, 3.05) is 12.4 Å². The number of rotatable bonds is 5. The fourth-order valence-corrected chi connectivity index (χ4v) is 1.92. The Morgan fingerprint density at radius 3 is 2.50 bits per heavy atom. The third-order valence-electron chi connectivity index (χ3n) is 1.97. The van der Waals surface area contributed by atoms with E-state index in [1.165, 1.54) is 10.5 Å². The molecule has 0 aliphatic rings. The SMILES string of the molecule is CCSc1ccc(CC(N)CO)cc1. The number of nitrogens with two attached hydrogens (primary N) is 1. The normalized spacial score (nSPS) is 12.8. The number of hydrogen-bond donors (Lipinski definition) is 2. The predicted octanol–water partition coefficient (Wildman–Crippen LogP) is 1.66. The first-order chi connectivity index (χ1) is 6.76. The third-order valence-corrected chi connectivity index (χ3v) is 2.86. The fourth-order valence-electron chi connectivity index (χ4n) is 1.26. The minimum Gasteiger partial charge on any atom is -0.395 e. The second-order valence-corrected chi connectivity index (χ2v) is 4.56. The summed E-state index contributed by atoms with van der Waals surface area (Å²) in [6.45, 7) is 2.19. The zero-order valence-electron chi connectivity index (χ0n) is 8.44. The Morgan fingerprint density at radius 1 is 1.36 bits per heavy atom. The maximum atomic E-state index is 8.81. The Labute approximate surface area is 89.5 Å². The van der Waals surface area contributed by atoms with E-state index >= 15 is 0 Å². The van der Waals surface area contributed by atoms with Crippen LogP contribution in [0.1, 0.15) is 12.5 Å². The zero-order valence-corrected chi connectivity index (χ0v) is 9.26. The van der Waals surface area contributed by atoms with E-state index in [-0.39, 0.29) is 12.6 Å². The lowest BCUT2D eigenvalue weighted by Gasteiger charge is -2.08. The highest BCUT2D eigenvalue weighted by Gasteiger charge is 2.01. The standard InChI is InChI=1S/C11H17NOS/c1-2-14-11-5-3-9(4-6-11)7-10(12)8-13/h3-6,10,13H,2,7-8,12H2,1H3. The van der Waals surface area contributed by atoms with Gasteiger partial charge in [-0.2, -0.15) is 0 Å². The van der Waals surface area contributed by atoms with E-state index in [0.29, 0.717) is 0 Å². The topological polar surface area (TPSA) is 46.2 Å². The Bertz CT molecular complexity index is 260. The number of benzene rings is 1. The van der Waals surface area contributed by atoms with Gasteiger partial charge < -0.3 is 10.8 Å². The van der Waals surface area contributed by atoms with Crippen LogP contribution in [0.15, 0.2) is 29.2 Å². The molecule has 1 atom stereocenters. The lowest BCUT2D eigenvalue weighted by Crippen LogP contribution is -2.26. The highest BCUT2D eigenvalue weighted by molar-refractivity contribution is 7.99. The molecule has 0 heterocycles. The van der Waals surface area contributed by atoms with Crippen LogP contribution < -0.4 is 5.73 Å². The Balaban J connectivity index is 2.54. The molecule has 0 spiro atoms. The van der Waals surface area contributed by atoms with Crippen molar-refractivity contribution in [1.82, 2.24) is 0 Å². The van der Waals surface area contributed by atoms with Crippen LogP contribution in [-0.4, -0.2) is 23.5 Å². The summed E-state index contributed by atoms with van der Waals surface area (Å²) in [5.74, 6) is 1.09. The molecule has 0 amide bonds. The van der Waals surface area contributed by atoms with Gasteiger partial charge in [0.05, 0.1) is 6.61 Å². The summed E-state index contributed by atoms with van der Waals surface area (Å²) >= 11 is 1.83. The summed E-state index contributed by atoms with van der Waals surface area (Å²) in [5, 5.41) is 8.81. The van der Waals surface area contributed by atoms with E-state index in [9.17, 15) is 0 Å². The number of aliphatic hydroxyl groups is 1. The first kappa shape index (κ1) is 11.6. The quantitative estimate of drug-likeness (QED) is 0.728. The van der Waals surface area contributed by atoms with Crippen LogP contribution in [0.4, 0.5) is 0 Å². The van der Waals surface area contributed by atoms with Gasteiger partial charge >= 0.3 is 0 Å². The van der Waals surface area contributed by atoms with Crippen molar-refractivity contribution < 1.29 is 5.11 Å². The average molecular weight is 211 g/mol. The molecule has 1 unspecified atom stereocenters. The van der Waals surface area contributed by atoms with Crippen LogP contribution >= 0.6 is 11.8 Å². The van der Waals surface area contributed by atoms with Crippen molar-refractivity contribution >= 4 is 11.8 Å². The van der Waals surface area contributed by atoms with Gasteiger partial charge in [-0.3, -0.25) is 0 Å². The molecule has 0 aliphatic carbocycles. The minimum absolute atomic E-state index is 0.0471. The summed E-state index contributed by atoms with van der Waals surface area (Å²) < 4.78 is 0. The van der Waals surface area contributed by atoms with E-state index in [1.54, 1.807) is 0 Å². The second-order valence-electron chi connectivity index (χ2n) is 3.22. The third kappa shape index (κ3) is 3.70. The molecule has 2 nitrogen and oxygen atoms in total. The molecule has 14 heavy (non-hydrogen) atoms. The zero-order chi connectivity index (χ0) is 10.4. The van der Waals surface area contributed by atoms with Gasteiger partial charge in [-0.1, -0.05) is 19.1 Å². The largest absolute Gasteiger partial charge is 0.395 e. The molecule has 78 valence electrons. The lowest BCUT2D eigenvalue weighted by molar-refractivity contribution is 0.265. The van der Waals surface area contributed by atoms with Crippen LogP contribution in [0.3, 0.4) is 0 Å². The molecule has 0 fully saturated rings. The highest BCUT2D eigenvalue weighted by Crippen LogP contribution is 2.18. The first-order valence-electron chi connectivity index (χ1n) is 4.84. The van der Waals surface area contributed by atoms with E-state index in [1.807, 2.05) is 11.8 Å². The van der Waals surface area contributed by atoms with Gasteiger partial charge in [0, 0.05) is 10.9 Å². The number of thioether (sulfide) groups is 1. The van der Waals surface area contributed by atoms with Gasteiger partial charge in [0.2, 0.25) is 0 Å². The Morgan fingerprint density at radius 2 is 2.00 bits per heavy atom. The van der Waals surface area contributed by atoms with Crippen LogP contribution in [0, 0.1) is 0 Å². The summed E-state index contributed by atoms with van der Waals surface area (Å²) in [4.78, 5) is 1.29. The van der Waals surface area contributed by atoms with Crippen LogP contribution in [0.25, 0.3) is 0 Å². The van der Waals surface area contributed by atoms with E-state index < -0.39 is 0 Å². The number of hydrogen-bond acceptors (Lipinski definition) is 3. The van der Waals surface area contributed by atoms with Gasteiger partial charge in [0.1, 0.15) is 0 Å². The maximum Gasteiger partial charge on any atom is 0.0585 e. The van der Waals surface area contributed by atoms with Crippen molar-refractivity contribution in [3.63, 3.8) is 0 Å². The molecule has 3 N–H and O–H groups in total. The molecule has 0 saturated heterocycles. The molecular weight excluding hydrogens is 194 g/mol. The lowest BCUT2D eigenvalue weighted by atomic mass is 10.1. The average Bonchev–Trinajstić information content (AvgIpc) is 2.21. The smallest absolute Gasteiger partial charge is 0.0585 e. The molecular formula is C11H17NOS. The van der Waals surface area contributed by atoms with Gasteiger partial charge in [-0.15, -0.1) is 11.8 Å². The van der Waals surface area contributed by atoms with Crippen LogP contribution in [0.5, 0.6) is 0 Å². The number of aliphatic hydroxyl groups excluding tert-OH is 1. The van der Waals surface area contributed by atoms with E-state index in [4.69, 9.17) is 10.8 Å². The van der Waals surface area contributed by atoms with Crippen LogP contribution in [-0.2, 0) is 6.42 Å². The highest BCUT2D eigenvalue weighted by atomic mass is 32.2. The maximum absolute atomic E-state index is 8.81. The molecule has 0 aromatic heterocycles. The summed E-state index contributed by atoms with van der Waals surface area (Å²) in [7, 11) is 0. The molecule has 0 radical (unpaired) electrons. The molecule has 1 aromatic rings. The van der Waals surface area contributed by atoms with Gasteiger partial charge in [0.15, 0.2) is 0 Å². The summed E-state index contributed by atoms with van der Waals surface area (Å²) in [6, 6.07) is 8.22. The monoisotopic (exact) mass is 211 g/mol. The Hall–Kier alpha value is -0.510. The molecule has 1 rings (SSSR count). The predicted molar refractivity (Wildman–Crippen MR) is 61.6 cm³/mol. The molecule has 0 saturated carbocycles.